The number of hydrogen-bond donors (Lipinski definition) is 1. The highest BCUT2D eigenvalue weighted by molar-refractivity contribution is 6.37. The summed E-state index contributed by atoms with van der Waals surface area (Å²) in [5, 5.41) is 12.9. The lowest BCUT2D eigenvalue weighted by molar-refractivity contribution is 0.980. The van der Waals surface area contributed by atoms with Gasteiger partial charge in [0, 0.05) is 38.5 Å². The zero-order chi connectivity index (χ0) is 38.2. The Morgan fingerprint density at radius 3 is 2.21 bits per heavy atom. The predicted molar refractivity (Wildman–Crippen MR) is 245 cm³/mol. The lowest BCUT2D eigenvalue weighted by Gasteiger charge is -2.17. The van der Waals surface area contributed by atoms with Gasteiger partial charge in [-0.1, -0.05) is 165 Å². The average molecular weight is 723 g/mol. The normalized spacial score (nSPS) is 14.5. The largest absolute Gasteiger partial charge is 0.398 e. The summed E-state index contributed by atoms with van der Waals surface area (Å²) in [7, 11) is 0. The van der Waals surface area contributed by atoms with Crippen LogP contribution in [0.1, 0.15) is 47.9 Å². The third-order valence-electron chi connectivity index (χ3n) is 11.7. The summed E-state index contributed by atoms with van der Waals surface area (Å²) in [5.41, 5.74) is 17.5. The molecule has 0 saturated carbocycles. The molecule has 7 aromatic carbocycles. The highest BCUT2D eigenvalue weighted by Gasteiger charge is 2.21. The molecule has 0 fully saturated rings. The van der Waals surface area contributed by atoms with Crippen LogP contribution < -0.4 is 16.2 Å². The van der Waals surface area contributed by atoms with Crippen LogP contribution in [0, 0.1) is 6.92 Å². The van der Waals surface area contributed by atoms with Gasteiger partial charge in [0.15, 0.2) is 0 Å². The molecule has 2 aliphatic rings. The predicted octanol–water partition coefficient (Wildman–Crippen LogP) is 12.5. The van der Waals surface area contributed by atoms with Crippen molar-refractivity contribution >= 4 is 83.7 Å². The molecular formula is C54H46N2. The highest BCUT2D eigenvalue weighted by Crippen LogP contribution is 2.45. The van der Waals surface area contributed by atoms with E-state index in [0.29, 0.717) is 0 Å². The number of benzene rings is 7. The topological polar surface area (TPSA) is 30.9 Å². The summed E-state index contributed by atoms with van der Waals surface area (Å²) in [6, 6.07) is 43.7. The fraction of sp³-hybridized carbons (Fsp3) is 0.111. The van der Waals surface area contributed by atoms with Crippen LogP contribution in [-0.4, -0.2) is 4.57 Å². The van der Waals surface area contributed by atoms with Crippen molar-refractivity contribution in [2.75, 3.05) is 0 Å². The Hall–Kier alpha value is -6.64. The van der Waals surface area contributed by atoms with Gasteiger partial charge in [-0.05, 0) is 105 Å². The van der Waals surface area contributed by atoms with E-state index >= 15 is 0 Å². The first-order valence-corrected chi connectivity index (χ1v) is 19.8. The Morgan fingerprint density at radius 1 is 0.714 bits per heavy atom. The van der Waals surface area contributed by atoms with Crippen molar-refractivity contribution in [2.24, 2.45) is 5.73 Å². The van der Waals surface area contributed by atoms with Gasteiger partial charge in [-0.15, -0.1) is 0 Å². The van der Waals surface area contributed by atoms with Gasteiger partial charge >= 0.3 is 0 Å². The Bertz CT molecular complexity index is 3110. The Kier molecular flexibility index (Phi) is 9.33. The van der Waals surface area contributed by atoms with Crippen LogP contribution in [0.5, 0.6) is 0 Å². The lowest BCUT2D eigenvalue weighted by Crippen LogP contribution is -2.24. The van der Waals surface area contributed by atoms with E-state index in [-0.39, 0.29) is 0 Å². The molecule has 0 radical (unpaired) electrons. The van der Waals surface area contributed by atoms with Crippen LogP contribution in [0.15, 0.2) is 164 Å². The van der Waals surface area contributed by atoms with Gasteiger partial charge < -0.3 is 10.3 Å². The Labute approximate surface area is 328 Å². The van der Waals surface area contributed by atoms with Crippen molar-refractivity contribution in [1.29, 1.82) is 0 Å². The fourth-order valence-corrected chi connectivity index (χ4v) is 8.97. The maximum absolute atomic E-state index is 6.40. The first-order valence-electron chi connectivity index (χ1n) is 19.8. The van der Waals surface area contributed by atoms with Crippen LogP contribution in [-0.2, 0) is 6.42 Å². The van der Waals surface area contributed by atoms with E-state index in [1.54, 1.807) is 0 Å². The number of fused-ring (bicyclic) bond motifs is 11. The number of nitrogens with two attached hydrogens (primary N) is 1. The van der Waals surface area contributed by atoms with Crippen LogP contribution in [0.25, 0.3) is 83.7 Å². The van der Waals surface area contributed by atoms with Crippen molar-refractivity contribution < 1.29 is 0 Å². The van der Waals surface area contributed by atoms with E-state index in [1.165, 1.54) is 76.5 Å². The molecule has 0 spiro atoms. The van der Waals surface area contributed by atoms with Crippen LogP contribution >= 0.6 is 0 Å². The van der Waals surface area contributed by atoms with Gasteiger partial charge in [0.25, 0.3) is 0 Å². The second-order valence-electron chi connectivity index (χ2n) is 15.0. The van der Waals surface area contributed by atoms with E-state index < -0.39 is 0 Å². The summed E-state index contributed by atoms with van der Waals surface area (Å²) >= 11 is 0. The van der Waals surface area contributed by atoms with Gasteiger partial charge in [0.2, 0.25) is 0 Å². The number of hydrogen-bond acceptors (Lipinski definition) is 1. The fourth-order valence-electron chi connectivity index (χ4n) is 8.97. The van der Waals surface area contributed by atoms with E-state index in [2.05, 4.69) is 164 Å². The smallest absolute Gasteiger partial charge is 0.0622 e. The molecule has 0 saturated heterocycles. The minimum atomic E-state index is 0.745. The summed E-state index contributed by atoms with van der Waals surface area (Å²) in [6.07, 6.45) is 20.3. The SMILES string of the molecule is C=C/C(C/C=C(\N)c1cccc2c1C=CCC2)=c1/ccccc1=C.Cc1cc2c3ccccc3c3c(c4ccccc4n3C3=CC=CCC3)c2c2ccccc12. The number of rotatable bonds is 5. The first-order chi connectivity index (χ1) is 27.5. The molecule has 0 aliphatic heterocycles. The molecule has 0 unspecified atom stereocenters. The van der Waals surface area contributed by atoms with Crippen molar-refractivity contribution in [3.8, 4) is 0 Å². The number of aryl methyl sites for hydroxylation is 2. The van der Waals surface area contributed by atoms with Crippen molar-refractivity contribution in [1.82, 2.24) is 4.57 Å². The summed E-state index contributed by atoms with van der Waals surface area (Å²) < 4.78 is 2.53. The third-order valence-corrected chi connectivity index (χ3v) is 11.7. The van der Waals surface area contributed by atoms with E-state index in [4.69, 9.17) is 5.73 Å². The van der Waals surface area contributed by atoms with E-state index in [9.17, 15) is 0 Å². The lowest BCUT2D eigenvalue weighted by atomic mass is 9.91. The van der Waals surface area contributed by atoms with Gasteiger partial charge in [-0.2, -0.15) is 0 Å². The van der Waals surface area contributed by atoms with Crippen molar-refractivity contribution in [2.45, 2.75) is 39.0 Å². The maximum atomic E-state index is 6.40. The minimum absolute atomic E-state index is 0.745. The zero-order valence-corrected chi connectivity index (χ0v) is 32.1. The molecule has 2 N–H and O–H groups in total. The minimum Gasteiger partial charge on any atom is -0.398 e. The maximum Gasteiger partial charge on any atom is 0.0622 e. The van der Waals surface area contributed by atoms with Gasteiger partial charge in [-0.3, -0.25) is 0 Å². The average Bonchev–Trinajstić information content (AvgIpc) is 3.60. The number of nitrogens with zero attached hydrogens (tertiary/aromatic N) is 1. The monoisotopic (exact) mass is 722 g/mol. The number of para-hydroxylation sites is 1. The molecule has 1 heterocycles. The Balaban J connectivity index is 0.000000153. The first kappa shape index (κ1) is 35.1. The summed E-state index contributed by atoms with van der Waals surface area (Å²) in [5.74, 6) is 0. The quantitative estimate of drug-likeness (QED) is 0.176. The molecule has 2 heteroatoms. The molecule has 0 amide bonds. The third kappa shape index (κ3) is 6.08. The molecule has 2 aliphatic carbocycles. The molecule has 272 valence electrons. The van der Waals surface area contributed by atoms with E-state index in [1.807, 2.05) is 24.3 Å². The van der Waals surface area contributed by atoms with Gasteiger partial charge in [-0.25, -0.2) is 0 Å². The van der Waals surface area contributed by atoms with E-state index in [0.717, 1.165) is 59.4 Å². The molecule has 8 aromatic rings. The summed E-state index contributed by atoms with van der Waals surface area (Å²) in [4.78, 5) is 0. The molecule has 2 nitrogen and oxygen atoms in total. The van der Waals surface area contributed by atoms with Crippen LogP contribution in [0.2, 0.25) is 0 Å². The summed E-state index contributed by atoms with van der Waals surface area (Å²) in [6.45, 7) is 10.3. The molecule has 1 aromatic heterocycles. The molecule has 0 bridgehead atoms. The molecule has 0 atom stereocenters. The molecular weight excluding hydrogens is 677 g/mol. The second kappa shape index (κ2) is 14.9. The van der Waals surface area contributed by atoms with Gasteiger partial charge in [0.05, 0.1) is 11.0 Å². The highest BCUT2D eigenvalue weighted by atomic mass is 15.0. The molecule has 56 heavy (non-hydrogen) atoms. The van der Waals surface area contributed by atoms with Crippen LogP contribution in [0.3, 0.4) is 0 Å². The van der Waals surface area contributed by atoms with Crippen molar-refractivity contribution in [3.05, 3.63) is 197 Å². The zero-order valence-electron chi connectivity index (χ0n) is 32.1. The number of aromatic nitrogens is 1. The Morgan fingerprint density at radius 2 is 1.43 bits per heavy atom. The van der Waals surface area contributed by atoms with Crippen molar-refractivity contribution in [3.63, 3.8) is 0 Å². The second-order valence-corrected chi connectivity index (χ2v) is 15.0. The van der Waals surface area contributed by atoms with Crippen LogP contribution in [0.4, 0.5) is 0 Å². The van der Waals surface area contributed by atoms with Gasteiger partial charge in [0.1, 0.15) is 0 Å². The molecule has 10 rings (SSSR count). The standard InChI is InChI=1S/C31H23N.C23H23N/c1-20-19-27-23-14-6-8-16-25(23)31-30(29(27)24-15-7-5-13-22(20)24)26-17-9-10-18-28(26)32(31)21-11-3-2-4-12-21;1-3-18(20-12-6-4-9-17(20)2)15-16-23(24)22-14-8-11-19-10-5-7-13-21(19)22/h2-3,5-11,13-19H,4,12H2,1H3;3-4,6-9,11-14,16H,1-2,5,10,15,24H2/b;20-18+,23-16-. The number of allylic oxidation sites excluding steroid dienone is 7.